The summed E-state index contributed by atoms with van der Waals surface area (Å²) in [4.78, 5) is 25.2. The highest BCUT2D eigenvalue weighted by atomic mass is 16.2. The van der Waals surface area contributed by atoms with Crippen LogP contribution in [0.5, 0.6) is 0 Å². The molecule has 0 aliphatic rings. The van der Waals surface area contributed by atoms with Crippen molar-refractivity contribution in [3.63, 3.8) is 0 Å². The predicted octanol–water partition coefficient (Wildman–Crippen LogP) is 3.16. The van der Waals surface area contributed by atoms with Crippen LogP contribution < -0.4 is 10.9 Å². The fraction of sp³-hybridized carbons (Fsp3) is 0.143. The summed E-state index contributed by atoms with van der Waals surface area (Å²) in [5.74, 6) is -0.405. The summed E-state index contributed by atoms with van der Waals surface area (Å²) in [6.45, 7) is 3.25. The average molecular weight is 358 g/mol. The summed E-state index contributed by atoms with van der Waals surface area (Å²) in [5.41, 5.74) is 0.767. The minimum atomic E-state index is -1.23. The highest BCUT2D eigenvalue weighted by molar-refractivity contribution is 5.96. The lowest BCUT2D eigenvalue weighted by molar-refractivity contribution is -0.123. The maximum Gasteiger partial charge on any atom is 0.267 e. The van der Waals surface area contributed by atoms with Crippen molar-refractivity contribution < 1.29 is 4.79 Å². The Morgan fingerprint density at radius 2 is 1.81 bits per heavy atom. The van der Waals surface area contributed by atoms with Crippen molar-refractivity contribution in [2.75, 3.05) is 5.32 Å². The van der Waals surface area contributed by atoms with Gasteiger partial charge in [-0.15, -0.1) is 0 Å². The Morgan fingerprint density at radius 3 is 2.52 bits per heavy atom. The standard InChI is InChI=1S/C21H18N4O2/c1-21(2,20(27)23-17-10-6-7-15(13-17)14-22)25-19(26)12-11-18(24-25)16-8-4-3-5-9-16/h3-13H,1-2H3,(H,23,27). The van der Waals surface area contributed by atoms with Gasteiger partial charge in [-0.25, -0.2) is 4.68 Å². The molecule has 0 aliphatic carbocycles. The molecule has 0 aliphatic heterocycles. The summed E-state index contributed by atoms with van der Waals surface area (Å²) < 4.78 is 1.18. The summed E-state index contributed by atoms with van der Waals surface area (Å²) in [7, 11) is 0. The SMILES string of the molecule is CC(C)(C(=O)Nc1cccc(C#N)c1)n1nc(-c2ccccc2)ccc1=O. The van der Waals surface area contributed by atoms with Gasteiger partial charge >= 0.3 is 0 Å². The smallest absolute Gasteiger partial charge is 0.267 e. The van der Waals surface area contributed by atoms with Crippen LogP contribution in [0, 0.1) is 11.3 Å². The monoisotopic (exact) mass is 358 g/mol. The van der Waals surface area contributed by atoms with Crippen molar-refractivity contribution in [1.82, 2.24) is 9.78 Å². The van der Waals surface area contributed by atoms with Crippen molar-refractivity contribution in [2.24, 2.45) is 0 Å². The maximum absolute atomic E-state index is 12.8. The average Bonchev–Trinajstić information content (AvgIpc) is 2.69. The minimum absolute atomic E-state index is 0.374. The number of aromatic nitrogens is 2. The van der Waals surface area contributed by atoms with Crippen molar-refractivity contribution >= 4 is 11.6 Å². The number of amides is 1. The van der Waals surface area contributed by atoms with Crippen LogP contribution in [0.25, 0.3) is 11.3 Å². The lowest BCUT2D eigenvalue weighted by Crippen LogP contribution is -2.47. The molecular weight excluding hydrogens is 340 g/mol. The normalized spacial score (nSPS) is 10.9. The zero-order valence-electron chi connectivity index (χ0n) is 15.0. The van der Waals surface area contributed by atoms with Gasteiger partial charge in [-0.1, -0.05) is 36.4 Å². The van der Waals surface area contributed by atoms with Crippen LogP contribution in [0.2, 0.25) is 0 Å². The van der Waals surface area contributed by atoms with Crippen molar-refractivity contribution in [1.29, 1.82) is 5.26 Å². The van der Waals surface area contributed by atoms with Gasteiger partial charge in [0.2, 0.25) is 0 Å². The molecule has 1 N–H and O–H groups in total. The number of nitriles is 1. The van der Waals surface area contributed by atoms with E-state index in [0.29, 0.717) is 16.9 Å². The largest absolute Gasteiger partial charge is 0.324 e. The predicted molar refractivity (Wildman–Crippen MR) is 103 cm³/mol. The Balaban J connectivity index is 1.95. The molecule has 27 heavy (non-hydrogen) atoms. The molecule has 3 aromatic rings. The summed E-state index contributed by atoms with van der Waals surface area (Å²) in [5, 5.41) is 16.1. The van der Waals surface area contributed by atoms with E-state index in [9.17, 15) is 9.59 Å². The molecule has 1 heterocycles. The first-order chi connectivity index (χ1) is 12.9. The molecule has 0 saturated heterocycles. The summed E-state index contributed by atoms with van der Waals surface area (Å²) in [6.07, 6.45) is 0. The molecule has 6 nitrogen and oxygen atoms in total. The van der Waals surface area contributed by atoms with E-state index >= 15 is 0 Å². The van der Waals surface area contributed by atoms with E-state index in [1.165, 1.54) is 10.7 Å². The molecule has 1 aromatic heterocycles. The van der Waals surface area contributed by atoms with Gasteiger partial charge < -0.3 is 5.32 Å². The molecule has 0 spiro atoms. The van der Waals surface area contributed by atoms with Gasteiger partial charge in [-0.2, -0.15) is 10.4 Å². The second-order valence-corrected chi connectivity index (χ2v) is 6.54. The Kier molecular flexibility index (Phi) is 4.86. The Labute approximate surface area is 156 Å². The zero-order chi connectivity index (χ0) is 19.4. The highest BCUT2D eigenvalue weighted by Gasteiger charge is 2.32. The first kappa shape index (κ1) is 18.1. The lowest BCUT2D eigenvalue weighted by Gasteiger charge is -2.25. The van der Waals surface area contributed by atoms with Crippen LogP contribution in [0.4, 0.5) is 5.69 Å². The minimum Gasteiger partial charge on any atom is -0.324 e. The van der Waals surface area contributed by atoms with Crippen LogP contribution in [0.1, 0.15) is 19.4 Å². The van der Waals surface area contributed by atoms with E-state index in [1.807, 2.05) is 36.4 Å². The zero-order valence-corrected chi connectivity index (χ0v) is 15.0. The molecule has 0 bridgehead atoms. The third-order valence-electron chi connectivity index (χ3n) is 4.20. The Bertz CT molecular complexity index is 1080. The van der Waals surface area contributed by atoms with Crippen molar-refractivity contribution in [2.45, 2.75) is 19.4 Å². The second-order valence-electron chi connectivity index (χ2n) is 6.54. The number of nitrogens with one attached hydrogen (secondary N) is 1. The second kappa shape index (κ2) is 7.26. The van der Waals surface area contributed by atoms with E-state index in [4.69, 9.17) is 5.26 Å². The van der Waals surface area contributed by atoms with Gasteiger partial charge in [0, 0.05) is 17.3 Å². The molecule has 0 radical (unpaired) electrons. The van der Waals surface area contributed by atoms with Gasteiger partial charge in [-0.05, 0) is 38.1 Å². The third kappa shape index (κ3) is 3.77. The molecule has 0 fully saturated rings. The van der Waals surface area contributed by atoms with Crippen LogP contribution in [0.3, 0.4) is 0 Å². The third-order valence-corrected chi connectivity index (χ3v) is 4.20. The van der Waals surface area contributed by atoms with Crippen LogP contribution in [0.15, 0.2) is 71.5 Å². The van der Waals surface area contributed by atoms with E-state index < -0.39 is 11.4 Å². The Hall–Kier alpha value is -3.72. The number of benzene rings is 2. The van der Waals surface area contributed by atoms with Gasteiger partial charge in [0.05, 0.1) is 17.3 Å². The number of nitrogens with zero attached hydrogens (tertiary/aromatic N) is 3. The first-order valence-corrected chi connectivity index (χ1v) is 8.40. The van der Waals surface area contributed by atoms with E-state index in [2.05, 4.69) is 10.4 Å². The number of carbonyl (C=O) groups excluding carboxylic acids is 1. The molecule has 1 amide bonds. The Morgan fingerprint density at radius 1 is 1.07 bits per heavy atom. The molecule has 0 atom stereocenters. The molecule has 6 heteroatoms. The molecule has 3 rings (SSSR count). The van der Waals surface area contributed by atoms with Gasteiger partial charge in [0.15, 0.2) is 0 Å². The number of carbonyl (C=O) groups is 1. The fourth-order valence-corrected chi connectivity index (χ4v) is 2.62. The van der Waals surface area contributed by atoms with E-state index in [0.717, 1.165) is 5.56 Å². The molecule has 134 valence electrons. The topological polar surface area (TPSA) is 87.8 Å². The highest BCUT2D eigenvalue weighted by Crippen LogP contribution is 2.20. The lowest BCUT2D eigenvalue weighted by atomic mass is 10.0. The van der Waals surface area contributed by atoms with Gasteiger partial charge in [-0.3, -0.25) is 9.59 Å². The van der Waals surface area contributed by atoms with E-state index in [-0.39, 0.29) is 5.56 Å². The number of rotatable bonds is 4. The fourth-order valence-electron chi connectivity index (χ4n) is 2.62. The summed E-state index contributed by atoms with van der Waals surface area (Å²) >= 11 is 0. The molecule has 0 unspecified atom stereocenters. The number of hydrogen-bond donors (Lipinski definition) is 1. The van der Waals surface area contributed by atoms with Crippen LogP contribution in [-0.4, -0.2) is 15.7 Å². The van der Waals surface area contributed by atoms with Crippen LogP contribution >= 0.6 is 0 Å². The molecule has 2 aromatic carbocycles. The van der Waals surface area contributed by atoms with Gasteiger partial charge in [0.1, 0.15) is 5.54 Å². The van der Waals surface area contributed by atoms with Gasteiger partial charge in [0.25, 0.3) is 11.5 Å². The number of anilines is 1. The van der Waals surface area contributed by atoms with Crippen molar-refractivity contribution in [3.8, 4) is 17.3 Å². The molecular formula is C21H18N4O2. The van der Waals surface area contributed by atoms with E-state index in [1.54, 1.807) is 44.2 Å². The number of hydrogen-bond acceptors (Lipinski definition) is 4. The first-order valence-electron chi connectivity index (χ1n) is 8.40. The maximum atomic E-state index is 12.8. The van der Waals surface area contributed by atoms with Crippen molar-refractivity contribution in [3.05, 3.63) is 82.6 Å². The summed E-state index contributed by atoms with van der Waals surface area (Å²) in [6, 6.07) is 21.1. The van der Waals surface area contributed by atoms with Crippen LogP contribution in [-0.2, 0) is 10.3 Å². The quantitative estimate of drug-likeness (QED) is 0.776. The molecule has 0 saturated carbocycles.